The third-order valence-corrected chi connectivity index (χ3v) is 3.51. The fourth-order valence-electron chi connectivity index (χ4n) is 2.56. The summed E-state index contributed by atoms with van der Waals surface area (Å²) in [7, 11) is 0. The van der Waals surface area contributed by atoms with E-state index in [1.54, 1.807) is 0 Å². The number of carboxylic acids is 1. The molecule has 104 valence electrons. The Balaban J connectivity index is 1.86. The van der Waals surface area contributed by atoms with E-state index in [-0.39, 0.29) is 6.61 Å². The number of likely N-dealkylation sites (tertiary alicyclic amines) is 1. The van der Waals surface area contributed by atoms with Crippen molar-refractivity contribution in [3.8, 4) is 0 Å². The third kappa shape index (κ3) is 4.65. The third-order valence-electron chi connectivity index (χ3n) is 3.51. The molecule has 1 saturated heterocycles. The maximum atomic E-state index is 10.5. The maximum Gasteiger partial charge on any atom is 0.329 e. The Kier molecular flexibility index (Phi) is 5.36. The summed E-state index contributed by atoms with van der Waals surface area (Å²) in [6.07, 6.45) is 3.50. The lowest BCUT2D eigenvalue weighted by atomic mass is 10.0. The van der Waals surface area contributed by atoms with Gasteiger partial charge in [-0.2, -0.15) is 0 Å². The van der Waals surface area contributed by atoms with Crippen molar-refractivity contribution in [3.63, 3.8) is 0 Å². The molecule has 1 aromatic rings. The van der Waals surface area contributed by atoms with Crippen LogP contribution >= 0.6 is 0 Å². The first-order chi connectivity index (χ1) is 9.25. The van der Waals surface area contributed by atoms with Crippen molar-refractivity contribution in [3.05, 3.63) is 35.9 Å². The molecule has 1 atom stereocenters. The van der Waals surface area contributed by atoms with Crippen LogP contribution in [-0.2, 0) is 16.1 Å². The topological polar surface area (TPSA) is 49.8 Å². The molecular formula is C15H21NO3. The summed E-state index contributed by atoms with van der Waals surface area (Å²) in [4.78, 5) is 12.9. The van der Waals surface area contributed by atoms with Crippen molar-refractivity contribution in [2.45, 2.75) is 31.8 Å². The quantitative estimate of drug-likeness (QED) is 0.854. The number of nitrogens with zero attached hydrogens (tertiary/aromatic N) is 1. The Hall–Kier alpha value is -1.39. The number of piperidine rings is 1. The van der Waals surface area contributed by atoms with Gasteiger partial charge in [0.25, 0.3) is 0 Å². The Bertz CT molecular complexity index is 394. The highest BCUT2D eigenvalue weighted by atomic mass is 16.5. The number of ether oxygens (including phenoxy) is 1. The van der Waals surface area contributed by atoms with E-state index in [0.29, 0.717) is 12.6 Å². The molecule has 4 nitrogen and oxygen atoms in total. The number of rotatable bonds is 6. The van der Waals surface area contributed by atoms with E-state index in [4.69, 9.17) is 9.84 Å². The van der Waals surface area contributed by atoms with Crippen LogP contribution in [0.1, 0.15) is 24.8 Å². The molecule has 0 aliphatic carbocycles. The van der Waals surface area contributed by atoms with Gasteiger partial charge in [0.05, 0.1) is 6.61 Å². The van der Waals surface area contributed by atoms with Gasteiger partial charge in [0, 0.05) is 12.6 Å². The summed E-state index contributed by atoms with van der Waals surface area (Å²) < 4.78 is 5.26. The highest BCUT2D eigenvalue weighted by Gasteiger charge is 2.22. The molecule has 19 heavy (non-hydrogen) atoms. The van der Waals surface area contributed by atoms with Crippen LogP contribution < -0.4 is 0 Å². The van der Waals surface area contributed by atoms with Crippen LogP contribution in [0, 0.1) is 0 Å². The van der Waals surface area contributed by atoms with E-state index in [1.165, 1.54) is 18.4 Å². The average Bonchev–Trinajstić information content (AvgIpc) is 2.41. The molecule has 1 N–H and O–H groups in total. The van der Waals surface area contributed by atoms with Gasteiger partial charge in [-0.25, -0.2) is 4.79 Å². The smallest absolute Gasteiger partial charge is 0.329 e. The van der Waals surface area contributed by atoms with Gasteiger partial charge < -0.3 is 9.84 Å². The number of hydrogen-bond acceptors (Lipinski definition) is 3. The molecule has 0 spiro atoms. The van der Waals surface area contributed by atoms with Crippen molar-refractivity contribution in [2.24, 2.45) is 0 Å². The first kappa shape index (κ1) is 14.0. The first-order valence-corrected chi connectivity index (χ1v) is 6.83. The molecule has 0 unspecified atom stereocenters. The molecule has 0 radical (unpaired) electrons. The van der Waals surface area contributed by atoms with E-state index in [0.717, 1.165) is 19.5 Å². The lowest BCUT2D eigenvalue weighted by molar-refractivity contribution is -0.143. The molecule has 1 heterocycles. The van der Waals surface area contributed by atoms with Crippen LogP contribution in [0.25, 0.3) is 0 Å². The average molecular weight is 263 g/mol. The largest absolute Gasteiger partial charge is 0.480 e. The standard InChI is InChI=1S/C15H21NO3/c17-15(18)12-19-11-14-8-4-5-9-16(14)10-13-6-2-1-3-7-13/h1-3,6-7,14H,4-5,8-12H2,(H,17,18)/t14-/m0/s1. The Labute approximate surface area is 114 Å². The summed E-state index contributed by atoms with van der Waals surface area (Å²) >= 11 is 0. The van der Waals surface area contributed by atoms with Crippen LogP contribution in [-0.4, -0.2) is 41.8 Å². The number of carboxylic acid groups (broad SMARTS) is 1. The Morgan fingerprint density at radius 3 is 2.84 bits per heavy atom. The summed E-state index contributed by atoms with van der Waals surface area (Å²) in [6, 6.07) is 10.7. The van der Waals surface area contributed by atoms with Gasteiger partial charge in [-0.05, 0) is 24.9 Å². The predicted molar refractivity (Wildman–Crippen MR) is 72.9 cm³/mol. The second kappa shape index (κ2) is 7.26. The van der Waals surface area contributed by atoms with Gasteiger partial charge in [-0.1, -0.05) is 36.8 Å². The molecular weight excluding hydrogens is 242 g/mol. The zero-order valence-corrected chi connectivity index (χ0v) is 11.1. The Morgan fingerprint density at radius 2 is 2.11 bits per heavy atom. The second-order valence-corrected chi connectivity index (χ2v) is 5.01. The predicted octanol–water partition coefficient (Wildman–Crippen LogP) is 2.14. The molecule has 0 saturated carbocycles. The summed E-state index contributed by atoms with van der Waals surface area (Å²) in [5.74, 6) is -0.898. The molecule has 0 bridgehead atoms. The fourth-order valence-corrected chi connectivity index (χ4v) is 2.56. The van der Waals surface area contributed by atoms with Gasteiger partial charge in [0.1, 0.15) is 6.61 Å². The van der Waals surface area contributed by atoms with Gasteiger partial charge in [-0.15, -0.1) is 0 Å². The van der Waals surface area contributed by atoms with Crippen LogP contribution in [0.5, 0.6) is 0 Å². The minimum absolute atomic E-state index is 0.199. The van der Waals surface area contributed by atoms with E-state index in [2.05, 4.69) is 29.2 Å². The van der Waals surface area contributed by atoms with Crippen molar-refractivity contribution in [2.75, 3.05) is 19.8 Å². The zero-order valence-electron chi connectivity index (χ0n) is 11.1. The molecule has 0 aromatic heterocycles. The second-order valence-electron chi connectivity index (χ2n) is 5.01. The normalized spacial score (nSPS) is 20.3. The van der Waals surface area contributed by atoms with Gasteiger partial charge in [-0.3, -0.25) is 4.90 Å². The number of aliphatic carboxylic acids is 1. The molecule has 1 fully saturated rings. The monoisotopic (exact) mass is 263 g/mol. The number of carbonyl (C=O) groups is 1. The summed E-state index contributed by atoms with van der Waals surface area (Å²) in [6.45, 7) is 2.30. The first-order valence-electron chi connectivity index (χ1n) is 6.83. The highest BCUT2D eigenvalue weighted by Crippen LogP contribution is 2.19. The summed E-state index contributed by atoms with van der Waals surface area (Å²) in [5.41, 5.74) is 1.30. The maximum absolute atomic E-state index is 10.5. The van der Waals surface area contributed by atoms with Gasteiger partial charge in [0.15, 0.2) is 0 Å². The molecule has 1 aromatic carbocycles. The van der Waals surface area contributed by atoms with E-state index >= 15 is 0 Å². The molecule has 2 rings (SSSR count). The molecule has 0 amide bonds. The highest BCUT2D eigenvalue weighted by molar-refractivity contribution is 5.67. The van der Waals surface area contributed by atoms with Crippen LogP contribution in [0.4, 0.5) is 0 Å². The van der Waals surface area contributed by atoms with Crippen LogP contribution in [0.3, 0.4) is 0 Å². The van der Waals surface area contributed by atoms with Crippen molar-refractivity contribution < 1.29 is 14.6 Å². The van der Waals surface area contributed by atoms with E-state index < -0.39 is 5.97 Å². The lowest BCUT2D eigenvalue weighted by Gasteiger charge is -2.35. The molecule has 4 heteroatoms. The minimum Gasteiger partial charge on any atom is -0.480 e. The minimum atomic E-state index is -0.898. The van der Waals surface area contributed by atoms with Crippen molar-refractivity contribution >= 4 is 5.97 Å². The van der Waals surface area contributed by atoms with Crippen molar-refractivity contribution in [1.82, 2.24) is 4.90 Å². The van der Waals surface area contributed by atoms with Crippen molar-refractivity contribution in [1.29, 1.82) is 0 Å². The Morgan fingerprint density at radius 1 is 1.32 bits per heavy atom. The van der Waals surface area contributed by atoms with Crippen LogP contribution in [0.15, 0.2) is 30.3 Å². The summed E-state index contributed by atoms with van der Waals surface area (Å²) in [5, 5.41) is 8.61. The van der Waals surface area contributed by atoms with E-state index in [1.807, 2.05) is 6.07 Å². The lowest BCUT2D eigenvalue weighted by Crippen LogP contribution is -2.42. The van der Waals surface area contributed by atoms with Crippen LogP contribution in [0.2, 0.25) is 0 Å². The van der Waals surface area contributed by atoms with Gasteiger partial charge >= 0.3 is 5.97 Å². The number of benzene rings is 1. The molecule has 1 aliphatic rings. The zero-order chi connectivity index (χ0) is 13.5. The fraction of sp³-hybridized carbons (Fsp3) is 0.533. The van der Waals surface area contributed by atoms with E-state index in [9.17, 15) is 4.79 Å². The SMILES string of the molecule is O=C(O)COC[C@@H]1CCCCN1Cc1ccccc1. The van der Waals surface area contributed by atoms with Gasteiger partial charge in [0.2, 0.25) is 0 Å². The molecule has 1 aliphatic heterocycles. The number of hydrogen-bond donors (Lipinski definition) is 1.